The Labute approximate surface area is 112 Å². The molecule has 1 aromatic heterocycles. The van der Waals surface area contributed by atoms with Gasteiger partial charge in [-0.3, -0.25) is 0 Å². The Hall–Kier alpha value is 0.640. The van der Waals surface area contributed by atoms with Gasteiger partial charge in [-0.1, -0.05) is 65.8 Å². The van der Waals surface area contributed by atoms with Crippen LogP contribution in [0.2, 0.25) is 0 Å². The molecule has 0 aliphatic carbocycles. The normalized spacial score (nSPS) is 12.4. The fraction of sp³-hybridized carbons (Fsp3) is 0.857. The zero-order valence-corrected chi connectivity index (χ0v) is 14.3. The minimum Gasteiger partial charge on any atom is -0.0813 e. The van der Waals surface area contributed by atoms with E-state index >= 15 is 0 Å². The van der Waals surface area contributed by atoms with Gasteiger partial charge in [-0.15, -0.1) is 0 Å². The SMILES string of the molecule is CCCCCCCCCCCc1p[pH]pc1C. The van der Waals surface area contributed by atoms with Crippen LogP contribution in [-0.2, 0) is 6.42 Å². The van der Waals surface area contributed by atoms with Crippen molar-refractivity contribution in [2.24, 2.45) is 0 Å². The summed E-state index contributed by atoms with van der Waals surface area (Å²) < 4.78 is 0. The predicted molar refractivity (Wildman–Crippen MR) is 86.6 cm³/mol. The lowest BCUT2D eigenvalue weighted by atomic mass is 10.1. The average molecular weight is 288 g/mol. The molecule has 0 nitrogen and oxygen atoms in total. The molecular formula is C14H27P3. The molecule has 3 heteroatoms. The molecule has 17 heavy (non-hydrogen) atoms. The maximum Gasteiger partial charge on any atom is -0.00883 e. The van der Waals surface area contributed by atoms with E-state index in [1.165, 1.54) is 64.2 Å². The number of rotatable bonds is 10. The first-order valence-electron chi connectivity index (χ1n) is 7.21. The second-order valence-corrected chi connectivity index (χ2v) is 10.5. The first kappa shape index (κ1) is 15.7. The lowest BCUT2D eigenvalue weighted by Crippen LogP contribution is -1.84. The molecular weight excluding hydrogens is 261 g/mol. The summed E-state index contributed by atoms with van der Waals surface area (Å²) in [6.45, 7) is 4.62. The molecule has 0 saturated heterocycles. The average Bonchev–Trinajstić information content (AvgIpc) is 2.73. The smallest absolute Gasteiger partial charge is 0.00883 e. The van der Waals surface area contributed by atoms with Gasteiger partial charge in [0.15, 0.2) is 0 Å². The Balaban J connectivity index is 1.86. The van der Waals surface area contributed by atoms with Gasteiger partial charge in [-0.2, -0.15) is 0 Å². The van der Waals surface area contributed by atoms with Crippen molar-refractivity contribution in [1.82, 2.24) is 0 Å². The summed E-state index contributed by atoms with van der Waals surface area (Å²) >= 11 is 0. The number of hydrogen-bond acceptors (Lipinski definition) is 0. The van der Waals surface area contributed by atoms with Crippen molar-refractivity contribution in [3.63, 3.8) is 0 Å². The summed E-state index contributed by atoms with van der Waals surface area (Å²) in [5.41, 5.74) is 0. The van der Waals surface area contributed by atoms with Gasteiger partial charge in [0.25, 0.3) is 0 Å². The van der Waals surface area contributed by atoms with Crippen molar-refractivity contribution in [2.75, 3.05) is 0 Å². The van der Waals surface area contributed by atoms with E-state index in [-0.39, 0.29) is 0 Å². The molecule has 1 heterocycles. The zero-order valence-electron chi connectivity index (χ0n) is 11.5. The zero-order chi connectivity index (χ0) is 12.3. The highest BCUT2D eigenvalue weighted by Gasteiger charge is 1.99. The quantitative estimate of drug-likeness (QED) is 0.397. The van der Waals surface area contributed by atoms with E-state index in [1.807, 2.05) is 0 Å². The van der Waals surface area contributed by atoms with Gasteiger partial charge < -0.3 is 0 Å². The van der Waals surface area contributed by atoms with Gasteiger partial charge in [0.2, 0.25) is 0 Å². The van der Waals surface area contributed by atoms with Crippen molar-refractivity contribution in [1.29, 1.82) is 0 Å². The van der Waals surface area contributed by atoms with Gasteiger partial charge >= 0.3 is 0 Å². The van der Waals surface area contributed by atoms with E-state index in [2.05, 4.69) is 13.8 Å². The Bertz CT molecular complexity index is 281. The highest BCUT2D eigenvalue weighted by molar-refractivity contribution is 8.17. The second-order valence-electron chi connectivity index (χ2n) is 4.93. The van der Waals surface area contributed by atoms with Crippen LogP contribution in [-0.4, -0.2) is 0 Å². The minimum absolute atomic E-state index is 1.15. The molecule has 0 spiro atoms. The summed E-state index contributed by atoms with van der Waals surface area (Å²) in [5.74, 6) is 0. The lowest BCUT2D eigenvalue weighted by molar-refractivity contribution is 0.565. The first-order chi connectivity index (χ1) is 8.34. The standard InChI is InChI=1S/C14H27P3/c1-3-4-5-6-7-8-9-10-11-12-14-13(2)15-17-16-14/h17H,3-12H2,1-2H3. The van der Waals surface area contributed by atoms with E-state index in [1.54, 1.807) is 26.3 Å². The summed E-state index contributed by atoms with van der Waals surface area (Å²) in [7, 11) is 4.43. The summed E-state index contributed by atoms with van der Waals surface area (Å²) in [6.07, 6.45) is 14.4. The van der Waals surface area contributed by atoms with Gasteiger partial charge in [0.05, 0.1) is 0 Å². The van der Waals surface area contributed by atoms with Crippen molar-refractivity contribution >= 4 is 23.3 Å². The number of hydrogen-bond donors (Lipinski definition) is 0. The number of unbranched alkanes of at least 4 members (excludes halogenated alkanes) is 8. The lowest BCUT2D eigenvalue weighted by Gasteiger charge is -2.02. The van der Waals surface area contributed by atoms with Gasteiger partial charge in [0.1, 0.15) is 0 Å². The van der Waals surface area contributed by atoms with Crippen LogP contribution in [0.25, 0.3) is 0 Å². The van der Waals surface area contributed by atoms with E-state index in [0.717, 1.165) is 7.55 Å². The molecule has 0 aromatic carbocycles. The third-order valence-corrected chi connectivity index (χ3v) is 9.36. The first-order valence-corrected chi connectivity index (χ1v) is 11.7. The molecule has 1 unspecified atom stereocenters. The van der Waals surface area contributed by atoms with Crippen LogP contribution < -0.4 is 0 Å². The molecule has 0 aliphatic heterocycles. The van der Waals surface area contributed by atoms with E-state index in [0.29, 0.717) is 0 Å². The Morgan fingerprint density at radius 2 is 1.41 bits per heavy atom. The monoisotopic (exact) mass is 288 g/mol. The summed E-state index contributed by atoms with van der Waals surface area (Å²) in [5, 5.41) is 3.46. The molecule has 0 bridgehead atoms. The summed E-state index contributed by atoms with van der Waals surface area (Å²) in [4.78, 5) is 0. The van der Waals surface area contributed by atoms with Crippen LogP contribution in [0, 0.1) is 6.92 Å². The largest absolute Gasteiger partial charge is 0.0813 e. The van der Waals surface area contributed by atoms with Crippen molar-refractivity contribution in [2.45, 2.75) is 78.1 Å². The number of aryl methyl sites for hydroxylation is 2. The van der Waals surface area contributed by atoms with Crippen LogP contribution in [0.5, 0.6) is 0 Å². The fourth-order valence-corrected chi connectivity index (χ4v) is 9.10. The van der Waals surface area contributed by atoms with Crippen LogP contribution in [0.4, 0.5) is 0 Å². The highest BCUT2D eigenvalue weighted by Crippen LogP contribution is 2.41. The third kappa shape index (κ3) is 7.62. The van der Waals surface area contributed by atoms with Crippen LogP contribution in [0.3, 0.4) is 0 Å². The Kier molecular flexibility index (Phi) is 9.74. The molecule has 0 saturated carbocycles. The van der Waals surface area contributed by atoms with E-state index in [4.69, 9.17) is 0 Å². The Morgan fingerprint density at radius 3 is 1.94 bits per heavy atom. The van der Waals surface area contributed by atoms with Crippen LogP contribution in [0.1, 0.15) is 75.3 Å². The highest BCUT2D eigenvalue weighted by atomic mass is 32.1. The molecule has 98 valence electrons. The summed E-state index contributed by atoms with van der Waals surface area (Å²) in [6, 6.07) is 0. The molecule has 0 N–H and O–H groups in total. The molecule has 0 amide bonds. The third-order valence-electron chi connectivity index (χ3n) is 3.34. The minimum atomic E-state index is 1.15. The van der Waals surface area contributed by atoms with E-state index < -0.39 is 0 Å². The molecule has 0 radical (unpaired) electrons. The van der Waals surface area contributed by atoms with Crippen LogP contribution in [0.15, 0.2) is 0 Å². The molecule has 1 rings (SSSR count). The second kappa shape index (κ2) is 10.6. The van der Waals surface area contributed by atoms with Crippen molar-refractivity contribution in [3.8, 4) is 0 Å². The van der Waals surface area contributed by atoms with Gasteiger partial charge in [-0.25, -0.2) is 0 Å². The predicted octanol–water partition coefficient (Wildman–Crippen LogP) is 7.26. The van der Waals surface area contributed by atoms with Gasteiger partial charge in [-0.05, 0) is 46.1 Å². The Morgan fingerprint density at radius 1 is 0.824 bits per heavy atom. The van der Waals surface area contributed by atoms with Crippen molar-refractivity contribution in [3.05, 3.63) is 10.6 Å². The van der Waals surface area contributed by atoms with Crippen molar-refractivity contribution < 1.29 is 0 Å². The molecule has 1 atom stereocenters. The van der Waals surface area contributed by atoms with Crippen LogP contribution >= 0.6 is 23.3 Å². The molecule has 0 aliphatic rings. The molecule has 1 aromatic rings. The topological polar surface area (TPSA) is 0 Å². The van der Waals surface area contributed by atoms with E-state index in [9.17, 15) is 0 Å². The molecule has 0 fully saturated rings. The van der Waals surface area contributed by atoms with Gasteiger partial charge in [0, 0.05) is 0 Å². The maximum absolute atomic E-state index is 2.33. The fourth-order valence-electron chi connectivity index (χ4n) is 2.15. The maximum atomic E-state index is 2.33.